The minimum Gasteiger partial charge on any atom is -0.448 e. The van der Waals surface area contributed by atoms with Gasteiger partial charge in [0.15, 0.2) is 0 Å². The van der Waals surface area contributed by atoms with E-state index in [4.69, 9.17) is 10.5 Å². The summed E-state index contributed by atoms with van der Waals surface area (Å²) < 4.78 is 5.08. The van der Waals surface area contributed by atoms with Crippen molar-refractivity contribution >= 4 is 6.09 Å². The molecule has 4 nitrogen and oxygen atoms in total. The zero-order valence-electron chi connectivity index (χ0n) is 11.3. The Labute approximate surface area is 109 Å². The number of nitrogens with two attached hydrogens (primary N) is 1. The summed E-state index contributed by atoms with van der Waals surface area (Å²) in [7, 11) is 0. The van der Waals surface area contributed by atoms with Crippen molar-refractivity contribution in [2.45, 2.75) is 38.8 Å². The highest BCUT2D eigenvalue weighted by atomic mass is 16.5. The summed E-state index contributed by atoms with van der Waals surface area (Å²) in [5, 5.41) is 2.72. The van der Waals surface area contributed by atoms with Crippen molar-refractivity contribution in [3.63, 3.8) is 0 Å². The van der Waals surface area contributed by atoms with Crippen molar-refractivity contribution < 1.29 is 9.53 Å². The first-order valence-electron chi connectivity index (χ1n) is 6.11. The van der Waals surface area contributed by atoms with Crippen molar-refractivity contribution in [1.29, 1.82) is 0 Å². The van der Waals surface area contributed by atoms with Gasteiger partial charge in [-0.2, -0.15) is 0 Å². The molecule has 0 heterocycles. The summed E-state index contributed by atoms with van der Waals surface area (Å²) in [5.74, 6) is 0. The predicted molar refractivity (Wildman–Crippen MR) is 72.4 cm³/mol. The predicted octanol–water partition coefficient (Wildman–Crippen LogP) is 2.08. The van der Waals surface area contributed by atoms with E-state index in [2.05, 4.69) is 5.32 Å². The molecule has 0 spiro atoms. The van der Waals surface area contributed by atoms with Gasteiger partial charge in [-0.15, -0.1) is 0 Å². The molecule has 0 saturated carbocycles. The van der Waals surface area contributed by atoms with Crippen LogP contribution in [0, 0.1) is 0 Å². The van der Waals surface area contributed by atoms with E-state index < -0.39 is 6.09 Å². The van der Waals surface area contributed by atoms with Gasteiger partial charge in [0.1, 0.15) is 6.61 Å². The van der Waals surface area contributed by atoms with Crippen LogP contribution in [-0.2, 0) is 11.2 Å². The van der Waals surface area contributed by atoms with Gasteiger partial charge in [0.05, 0.1) is 0 Å². The summed E-state index contributed by atoms with van der Waals surface area (Å²) in [6.07, 6.45) is 0.273. The fraction of sp³-hybridized carbons (Fsp3) is 0.500. The maximum atomic E-state index is 11.4. The molecule has 0 aliphatic carbocycles. The maximum Gasteiger partial charge on any atom is 0.407 e. The van der Waals surface area contributed by atoms with Crippen LogP contribution in [0.1, 0.15) is 26.3 Å². The number of hydrogen-bond acceptors (Lipinski definition) is 3. The Bertz CT molecular complexity index is 371. The van der Waals surface area contributed by atoms with Crippen molar-refractivity contribution in [3.05, 3.63) is 35.9 Å². The Hall–Kier alpha value is -1.55. The van der Waals surface area contributed by atoms with Gasteiger partial charge >= 0.3 is 6.09 Å². The lowest BCUT2D eigenvalue weighted by atomic mass is 10.1. The second-order valence-corrected chi connectivity index (χ2v) is 5.42. The van der Waals surface area contributed by atoms with Gasteiger partial charge in [-0.3, -0.25) is 0 Å². The van der Waals surface area contributed by atoms with E-state index in [0.717, 1.165) is 5.56 Å². The number of carbonyl (C=O) groups is 1. The molecule has 1 aromatic carbocycles. The van der Waals surface area contributed by atoms with Crippen LogP contribution < -0.4 is 11.1 Å². The molecule has 0 bridgehead atoms. The number of ether oxygens (including phenoxy) is 1. The summed E-state index contributed by atoms with van der Waals surface area (Å²) in [6, 6.07) is 9.73. The third-order valence-corrected chi connectivity index (χ3v) is 2.25. The fourth-order valence-electron chi connectivity index (χ4n) is 1.50. The topological polar surface area (TPSA) is 64.3 Å². The molecule has 1 rings (SSSR count). The third kappa shape index (κ3) is 6.25. The first-order chi connectivity index (χ1) is 8.37. The summed E-state index contributed by atoms with van der Waals surface area (Å²) in [6.45, 7) is 5.92. The number of hydrogen-bond donors (Lipinski definition) is 2. The lowest BCUT2D eigenvalue weighted by molar-refractivity contribution is 0.131. The molecule has 0 aromatic heterocycles. The van der Waals surface area contributed by atoms with Gasteiger partial charge in [-0.05, 0) is 32.8 Å². The number of nitrogens with one attached hydrogen (secondary N) is 1. The summed E-state index contributed by atoms with van der Waals surface area (Å²) in [5.41, 5.74) is 6.77. The van der Waals surface area contributed by atoms with E-state index in [1.807, 2.05) is 51.1 Å². The average molecular weight is 250 g/mol. The van der Waals surface area contributed by atoms with E-state index in [-0.39, 0.29) is 18.2 Å². The molecular formula is C14H22N2O2. The second-order valence-electron chi connectivity index (χ2n) is 5.42. The van der Waals surface area contributed by atoms with Crippen molar-refractivity contribution in [2.75, 3.05) is 6.61 Å². The van der Waals surface area contributed by atoms with E-state index in [9.17, 15) is 4.79 Å². The Morgan fingerprint density at radius 1 is 1.33 bits per heavy atom. The van der Waals surface area contributed by atoms with Gasteiger partial charge < -0.3 is 15.8 Å². The monoisotopic (exact) mass is 250 g/mol. The quantitative estimate of drug-likeness (QED) is 0.860. The Morgan fingerprint density at radius 3 is 2.50 bits per heavy atom. The van der Waals surface area contributed by atoms with Crippen molar-refractivity contribution in [1.82, 2.24) is 5.32 Å². The van der Waals surface area contributed by atoms with E-state index >= 15 is 0 Å². The molecule has 0 aliphatic rings. The zero-order chi connectivity index (χ0) is 13.6. The van der Waals surface area contributed by atoms with Crippen LogP contribution in [0.3, 0.4) is 0 Å². The lowest BCUT2D eigenvalue weighted by Gasteiger charge is -2.21. The zero-order valence-corrected chi connectivity index (χ0v) is 11.3. The van der Waals surface area contributed by atoms with Gasteiger partial charge in [-0.25, -0.2) is 4.79 Å². The van der Waals surface area contributed by atoms with Crippen LogP contribution in [0.25, 0.3) is 0 Å². The van der Waals surface area contributed by atoms with Crippen molar-refractivity contribution in [2.24, 2.45) is 5.73 Å². The molecule has 1 amide bonds. The smallest absolute Gasteiger partial charge is 0.407 e. The van der Waals surface area contributed by atoms with E-state index in [1.54, 1.807) is 0 Å². The normalized spacial score (nSPS) is 12.9. The third-order valence-electron chi connectivity index (χ3n) is 2.25. The molecule has 1 unspecified atom stereocenters. The number of amides is 1. The Kier molecular flexibility index (Phi) is 5.16. The van der Waals surface area contributed by atoms with Gasteiger partial charge in [0.25, 0.3) is 0 Å². The van der Waals surface area contributed by atoms with E-state index in [0.29, 0.717) is 6.42 Å². The van der Waals surface area contributed by atoms with Crippen LogP contribution in [-0.4, -0.2) is 24.3 Å². The van der Waals surface area contributed by atoms with Gasteiger partial charge in [0, 0.05) is 11.6 Å². The highest BCUT2D eigenvalue weighted by Crippen LogP contribution is 2.03. The minimum atomic E-state index is -0.425. The molecule has 1 atom stereocenters. The molecule has 18 heavy (non-hydrogen) atoms. The van der Waals surface area contributed by atoms with Gasteiger partial charge in [-0.1, -0.05) is 30.3 Å². The van der Waals surface area contributed by atoms with Crippen LogP contribution >= 0.6 is 0 Å². The maximum absolute atomic E-state index is 11.4. The van der Waals surface area contributed by atoms with Crippen molar-refractivity contribution in [3.8, 4) is 0 Å². The minimum absolute atomic E-state index is 0.182. The van der Waals surface area contributed by atoms with Gasteiger partial charge in [0.2, 0.25) is 0 Å². The lowest BCUT2D eigenvalue weighted by Crippen LogP contribution is -2.42. The standard InChI is InChI=1S/C14H22N2O2/c1-14(2,3)16-13(17)18-10-12(15)9-11-7-5-4-6-8-11/h4-8,12H,9-10,15H2,1-3H3,(H,16,17). The number of alkyl carbamates (subject to hydrolysis) is 1. The van der Waals surface area contributed by atoms with Crippen LogP contribution in [0.2, 0.25) is 0 Å². The Morgan fingerprint density at radius 2 is 1.94 bits per heavy atom. The highest BCUT2D eigenvalue weighted by molar-refractivity contribution is 5.68. The first-order valence-corrected chi connectivity index (χ1v) is 6.11. The van der Waals surface area contributed by atoms with Crippen LogP contribution in [0.15, 0.2) is 30.3 Å². The second kappa shape index (κ2) is 6.40. The number of rotatable bonds is 4. The molecule has 1 aromatic rings. The van der Waals surface area contributed by atoms with Crippen LogP contribution in [0.4, 0.5) is 4.79 Å². The largest absolute Gasteiger partial charge is 0.448 e. The summed E-state index contributed by atoms with van der Waals surface area (Å²) >= 11 is 0. The molecule has 0 radical (unpaired) electrons. The molecule has 100 valence electrons. The average Bonchev–Trinajstić information content (AvgIpc) is 2.25. The van der Waals surface area contributed by atoms with Crippen LogP contribution in [0.5, 0.6) is 0 Å². The molecule has 4 heteroatoms. The highest BCUT2D eigenvalue weighted by Gasteiger charge is 2.15. The molecular weight excluding hydrogens is 228 g/mol. The number of carbonyl (C=O) groups excluding carboxylic acids is 1. The SMILES string of the molecule is CC(C)(C)NC(=O)OCC(N)Cc1ccccc1. The molecule has 0 saturated heterocycles. The number of benzene rings is 1. The fourth-order valence-corrected chi connectivity index (χ4v) is 1.50. The molecule has 0 fully saturated rings. The summed E-state index contributed by atoms with van der Waals surface area (Å²) in [4.78, 5) is 11.4. The van der Waals surface area contributed by atoms with E-state index in [1.165, 1.54) is 0 Å². The molecule has 0 aliphatic heterocycles. The first kappa shape index (κ1) is 14.5. The molecule has 3 N–H and O–H groups in total. The Balaban J connectivity index is 2.29.